The number of nitriles is 1. The van der Waals surface area contributed by atoms with Crippen LogP contribution in [-0.4, -0.2) is 18.6 Å². The van der Waals surface area contributed by atoms with Crippen LogP contribution in [0.2, 0.25) is 0 Å². The lowest BCUT2D eigenvalue weighted by Gasteiger charge is -2.27. The van der Waals surface area contributed by atoms with Crippen molar-refractivity contribution in [1.29, 1.82) is 5.26 Å². The summed E-state index contributed by atoms with van der Waals surface area (Å²) in [4.78, 5) is 4.47. The van der Waals surface area contributed by atoms with Gasteiger partial charge in [-0.25, -0.2) is 0 Å². The minimum Gasteiger partial charge on any atom is -0.358 e. The number of rotatable bonds is 1. The smallest absolute Gasteiger partial charge is 0.0991 e. The van der Waals surface area contributed by atoms with Gasteiger partial charge in [0.2, 0.25) is 0 Å². The first kappa shape index (κ1) is 15.8. The van der Waals surface area contributed by atoms with Crippen LogP contribution in [0.5, 0.6) is 0 Å². The molecule has 3 nitrogen and oxygen atoms in total. The van der Waals surface area contributed by atoms with Gasteiger partial charge in [-0.05, 0) is 24.3 Å². The van der Waals surface area contributed by atoms with Gasteiger partial charge in [-0.3, -0.25) is 0 Å². The molecule has 1 aliphatic rings. The molecule has 1 aromatic carbocycles. The van der Waals surface area contributed by atoms with Gasteiger partial charge in [0.05, 0.1) is 18.3 Å². The van der Waals surface area contributed by atoms with Gasteiger partial charge in [0.25, 0.3) is 0 Å². The van der Waals surface area contributed by atoms with Crippen molar-refractivity contribution in [3.63, 3.8) is 0 Å². The SMILES string of the molecule is CN1CN(c2ccc(C#N)cc2)C=C1C(C)(C)C.I. The van der Waals surface area contributed by atoms with E-state index in [0.29, 0.717) is 5.56 Å². The van der Waals surface area contributed by atoms with Gasteiger partial charge in [-0.15, -0.1) is 24.0 Å². The number of hydrogen-bond donors (Lipinski definition) is 0. The van der Waals surface area contributed by atoms with Crippen LogP contribution in [0.25, 0.3) is 0 Å². The van der Waals surface area contributed by atoms with Crippen molar-refractivity contribution in [3.05, 3.63) is 41.7 Å². The van der Waals surface area contributed by atoms with Gasteiger partial charge in [-0.2, -0.15) is 5.26 Å². The third-order valence-corrected chi connectivity index (χ3v) is 3.15. The maximum atomic E-state index is 8.80. The minimum atomic E-state index is 0. The van der Waals surface area contributed by atoms with E-state index < -0.39 is 0 Å². The van der Waals surface area contributed by atoms with Crippen molar-refractivity contribution in [2.45, 2.75) is 20.8 Å². The van der Waals surface area contributed by atoms with Crippen molar-refractivity contribution in [2.75, 3.05) is 18.6 Å². The number of anilines is 1. The quantitative estimate of drug-likeness (QED) is 0.706. The lowest BCUT2D eigenvalue weighted by Crippen LogP contribution is -2.26. The summed E-state index contributed by atoms with van der Waals surface area (Å²) in [5.41, 5.74) is 3.30. The molecule has 0 aromatic heterocycles. The molecule has 0 saturated heterocycles. The molecule has 0 unspecified atom stereocenters. The van der Waals surface area contributed by atoms with E-state index in [4.69, 9.17) is 5.26 Å². The second-order valence-corrected chi connectivity index (χ2v) is 5.73. The van der Waals surface area contributed by atoms with E-state index in [0.717, 1.165) is 12.4 Å². The maximum absolute atomic E-state index is 8.80. The highest BCUT2D eigenvalue weighted by Crippen LogP contribution is 2.33. The Balaban J connectivity index is 0.00000180. The summed E-state index contributed by atoms with van der Waals surface area (Å²) in [7, 11) is 2.11. The number of hydrogen-bond acceptors (Lipinski definition) is 3. The highest BCUT2D eigenvalue weighted by molar-refractivity contribution is 14.0. The number of nitrogens with zero attached hydrogens (tertiary/aromatic N) is 3. The second kappa shape index (κ2) is 5.83. The zero-order valence-corrected chi connectivity index (χ0v) is 14.2. The zero-order chi connectivity index (χ0) is 13.3. The van der Waals surface area contributed by atoms with E-state index in [1.165, 1.54) is 5.70 Å². The number of halogens is 1. The number of benzene rings is 1. The Morgan fingerprint density at radius 2 is 1.74 bits per heavy atom. The van der Waals surface area contributed by atoms with Crippen LogP contribution in [0.1, 0.15) is 26.3 Å². The maximum Gasteiger partial charge on any atom is 0.0991 e. The molecule has 2 rings (SSSR count). The molecule has 0 spiro atoms. The normalized spacial score (nSPS) is 14.8. The fourth-order valence-corrected chi connectivity index (χ4v) is 2.24. The topological polar surface area (TPSA) is 30.3 Å². The first-order valence-corrected chi connectivity index (χ1v) is 6.12. The predicted octanol–water partition coefficient (Wildman–Crippen LogP) is 3.77. The summed E-state index contributed by atoms with van der Waals surface area (Å²) < 4.78 is 0. The van der Waals surface area contributed by atoms with Crippen LogP contribution < -0.4 is 4.90 Å². The molecule has 1 aromatic rings. The van der Waals surface area contributed by atoms with Crippen LogP contribution in [0.4, 0.5) is 5.69 Å². The summed E-state index contributed by atoms with van der Waals surface area (Å²) in [5, 5.41) is 8.80. The van der Waals surface area contributed by atoms with Crippen molar-refractivity contribution in [3.8, 4) is 6.07 Å². The third kappa shape index (κ3) is 3.41. The molecule has 1 heterocycles. The van der Waals surface area contributed by atoms with Crippen molar-refractivity contribution in [2.24, 2.45) is 5.41 Å². The summed E-state index contributed by atoms with van der Waals surface area (Å²) >= 11 is 0. The molecule has 0 saturated carbocycles. The second-order valence-electron chi connectivity index (χ2n) is 5.73. The van der Waals surface area contributed by atoms with E-state index in [-0.39, 0.29) is 29.4 Å². The molecular formula is C15H20IN3. The summed E-state index contributed by atoms with van der Waals surface area (Å²) in [6.45, 7) is 7.52. The fourth-order valence-electron chi connectivity index (χ4n) is 2.24. The van der Waals surface area contributed by atoms with Crippen molar-refractivity contribution >= 4 is 29.7 Å². The molecule has 19 heavy (non-hydrogen) atoms. The van der Waals surface area contributed by atoms with Gasteiger partial charge in [0.1, 0.15) is 0 Å². The highest BCUT2D eigenvalue weighted by atomic mass is 127. The Bertz CT molecular complexity index is 506. The largest absolute Gasteiger partial charge is 0.358 e. The predicted molar refractivity (Wildman–Crippen MR) is 89.2 cm³/mol. The highest BCUT2D eigenvalue weighted by Gasteiger charge is 2.27. The van der Waals surface area contributed by atoms with E-state index in [2.05, 4.69) is 49.9 Å². The Kier molecular flexibility index (Phi) is 4.86. The van der Waals surface area contributed by atoms with E-state index in [1.54, 1.807) is 0 Å². The first-order valence-electron chi connectivity index (χ1n) is 6.12. The Morgan fingerprint density at radius 1 is 1.16 bits per heavy atom. The van der Waals surface area contributed by atoms with E-state index in [9.17, 15) is 0 Å². The van der Waals surface area contributed by atoms with Crippen molar-refractivity contribution in [1.82, 2.24) is 4.90 Å². The lowest BCUT2D eigenvalue weighted by molar-refractivity contribution is 0.338. The molecule has 102 valence electrons. The molecule has 0 amide bonds. The van der Waals surface area contributed by atoms with Gasteiger partial charge >= 0.3 is 0 Å². The average Bonchev–Trinajstić information content (AvgIpc) is 2.71. The van der Waals surface area contributed by atoms with Gasteiger partial charge in [0.15, 0.2) is 0 Å². The molecule has 1 aliphatic heterocycles. The molecule has 0 bridgehead atoms. The van der Waals surface area contributed by atoms with Gasteiger partial charge in [-0.1, -0.05) is 20.8 Å². The van der Waals surface area contributed by atoms with Crippen LogP contribution in [0.15, 0.2) is 36.2 Å². The van der Waals surface area contributed by atoms with Gasteiger partial charge in [0, 0.05) is 30.0 Å². The lowest BCUT2D eigenvalue weighted by atomic mass is 9.92. The Hall–Kier alpha value is -1.22. The third-order valence-electron chi connectivity index (χ3n) is 3.15. The molecule has 0 N–H and O–H groups in total. The minimum absolute atomic E-state index is 0. The summed E-state index contributed by atoms with van der Waals surface area (Å²) in [6, 6.07) is 9.85. The molecule has 0 aliphatic carbocycles. The van der Waals surface area contributed by atoms with Gasteiger partial charge < -0.3 is 9.80 Å². The molecule has 0 fully saturated rings. The van der Waals surface area contributed by atoms with E-state index >= 15 is 0 Å². The average molecular weight is 369 g/mol. The molecule has 4 heteroatoms. The summed E-state index contributed by atoms with van der Waals surface area (Å²) in [5.74, 6) is 0. The first-order chi connectivity index (χ1) is 8.41. The zero-order valence-electron chi connectivity index (χ0n) is 11.8. The van der Waals surface area contributed by atoms with Crippen LogP contribution in [0.3, 0.4) is 0 Å². The monoisotopic (exact) mass is 369 g/mol. The molecular weight excluding hydrogens is 349 g/mol. The Morgan fingerprint density at radius 3 is 2.16 bits per heavy atom. The molecule has 0 atom stereocenters. The fraction of sp³-hybridized carbons (Fsp3) is 0.400. The van der Waals surface area contributed by atoms with E-state index in [1.807, 2.05) is 24.3 Å². The van der Waals surface area contributed by atoms with Crippen molar-refractivity contribution < 1.29 is 0 Å². The van der Waals surface area contributed by atoms with Crippen LogP contribution >= 0.6 is 24.0 Å². The van der Waals surface area contributed by atoms with Crippen LogP contribution in [-0.2, 0) is 0 Å². The standard InChI is InChI=1S/C15H19N3.HI/c1-15(2,3)14-10-18(11-17(14)4)13-7-5-12(9-16)6-8-13;/h5-8,10H,11H2,1-4H3;1H. The van der Waals surface area contributed by atoms with Crippen LogP contribution in [0, 0.1) is 16.7 Å². The Labute approximate surface area is 132 Å². The number of allylic oxidation sites excluding steroid dienone is 1. The molecule has 0 radical (unpaired) electrons. The summed E-state index contributed by atoms with van der Waals surface area (Å²) in [6.07, 6.45) is 2.20.